The number of aliphatic hydroxyl groups excluding tert-OH is 12. The molecule has 70 heavy (non-hydrogen) atoms. The van der Waals surface area contributed by atoms with Crippen LogP contribution in [0.5, 0.6) is 0 Å². The number of nitrogens with zero attached hydrogens (tertiary/aromatic N) is 4. The van der Waals surface area contributed by atoms with Gasteiger partial charge in [-0.15, -0.1) is 0 Å². The highest BCUT2D eigenvalue weighted by Gasteiger charge is 2.63. The number of amides is 8. The van der Waals surface area contributed by atoms with Crippen LogP contribution in [0.15, 0.2) is 0 Å². The number of carbonyl (C=O) groups is 4. The molecular formula is C36H58F6N8O20. The number of urea groups is 4. The quantitative estimate of drug-likeness (QED) is 0.100. The highest BCUT2D eigenvalue weighted by molar-refractivity contribution is 5.77. The van der Waals surface area contributed by atoms with Crippen molar-refractivity contribution >= 4 is 24.1 Å². The van der Waals surface area contributed by atoms with E-state index in [1.54, 1.807) is 0 Å². The van der Waals surface area contributed by atoms with Crippen LogP contribution in [-0.4, -0.2) is 280 Å². The molecular weight excluding hydrogens is 978 g/mol. The van der Waals surface area contributed by atoms with Crippen LogP contribution in [0.2, 0.25) is 0 Å². The highest BCUT2D eigenvalue weighted by Crippen LogP contribution is 2.40. The molecule has 0 aromatic carbocycles. The van der Waals surface area contributed by atoms with Gasteiger partial charge in [-0.3, -0.25) is 19.6 Å². The molecule has 8 aliphatic heterocycles. The van der Waals surface area contributed by atoms with Crippen LogP contribution >= 0.6 is 0 Å². The Labute approximate surface area is 391 Å². The molecule has 0 aliphatic carbocycles. The normalized spacial score (nSPS) is 41.2. The van der Waals surface area contributed by atoms with Crippen LogP contribution in [0.3, 0.4) is 0 Å². The fraction of sp³-hybridized carbons (Fsp3) is 0.889. The number of carbonyl (C=O) groups excluding carboxylic acids is 4. The monoisotopic (exact) mass is 1040 g/mol. The van der Waals surface area contributed by atoms with Crippen LogP contribution in [0, 0.1) is 0 Å². The van der Waals surface area contributed by atoms with E-state index in [1.165, 1.54) is 0 Å². The zero-order valence-electron chi connectivity index (χ0n) is 36.6. The maximum Gasteiger partial charge on any atom is 0.321 e. The SMILES string of the molecule is O=C1N[C@@H](O)CCN1C1O[C@H](CO)[C@@H](O)C1(F)F.O=C1N[C@@H](O)CCN1C1O[C@H](CO)[C@@H](O)[C@@H]1F.O=C1N[C@H](O)CCN1C1O[C@H](CO)[C@@H](O)C1(F)F.O=C1N[C@H](O)CCN1C1O[C@H](CO)[C@@H](O)[C@@H]1F. The lowest BCUT2D eigenvalue weighted by atomic mass is 10.1. The molecule has 8 heterocycles. The maximum atomic E-state index is 13.7. The van der Waals surface area contributed by atoms with Crippen LogP contribution in [-0.2, 0) is 18.9 Å². The molecule has 0 radical (unpaired) electrons. The smallest absolute Gasteiger partial charge is 0.321 e. The lowest BCUT2D eigenvalue weighted by Gasteiger charge is -2.36. The number of hydrogen-bond acceptors (Lipinski definition) is 20. The van der Waals surface area contributed by atoms with Crippen LogP contribution in [0.25, 0.3) is 0 Å². The van der Waals surface area contributed by atoms with Gasteiger partial charge in [-0.05, 0) is 0 Å². The zero-order valence-corrected chi connectivity index (χ0v) is 36.6. The Morgan fingerprint density at radius 3 is 0.914 bits per heavy atom. The average Bonchev–Trinajstić information content (AvgIpc) is 3.92. The fourth-order valence-corrected chi connectivity index (χ4v) is 8.08. The highest BCUT2D eigenvalue weighted by atomic mass is 19.3. The summed E-state index contributed by atoms with van der Waals surface area (Å²) < 4.78 is 102. The van der Waals surface area contributed by atoms with Gasteiger partial charge >= 0.3 is 36.0 Å². The summed E-state index contributed by atoms with van der Waals surface area (Å²) >= 11 is 0. The van der Waals surface area contributed by atoms with Gasteiger partial charge in [0.05, 0.1) is 26.4 Å². The minimum Gasteiger partial charge on any atom is -0.394 e. The molecule has 0 bridgehead atoms. The molecule has 404 valence electrons. The average molecular weight is 1040 g/mol. The predicted molar refractivity (Wildman–Crippen MR) is 210 cm³/mol. The van der Waals surface area contributed by atoms with Crippen molar-refractivity contribution in [2.45, 2.75) is 149 Å². The molecule has 18 atom stereocenters. The fourth-order valence-electron chi connectivity index (χ4n) is 8.08. The number of halogens is 6. The van der Waals surface area contributed by atoms with Gasteiger partial charge in [-0.25, -0.2) is 28.0 Å². The molecule has 0 saturated carbocycles. The van der Waals surface area contributed by atoms with E-state index in [1.807, 2.05) is 0 Å². The van der Waals surface area contributed by atoms with Gasteiger partial charge in [-0.2, -0.15) is 17.6 Å². The Kier molecular flexibility index (Phi) is 19.3. The first-order valence-electron chi connectivity index (χ1n) is 21.7. The van der Waals surface area contributed by atoms with E-state index in [4.69, 9.17) is 49.6 Å². The van der Waals surface area contributed by atoms with Crippen LogP contribution in [0.4, 0.5) is 45.5 Å². The predicted octanol–water partition coefficient (Wildman–Crippen LogP) is -6.86. The van der Waals surface area contributed by atoms with Gasteiger partial charge in [0.1, 0.15) is 61.5 Å². The standard InChI is InChI=1S/2C9H14F2N2O5.2C9H15FN2O5/c2*10-9(11)6(16)4(3-14)18-7(9)13-2-1-5(15)12-8(13)17;2*10-6-7(15)4(3-13)17-8(6)12-2-1-5(14)11-9(12)16/h2*4-7,14-16H,1-3H2,(H,12,17);2*4-8,13-15H,1-3H2,(H,11,16)/t4-,5+,6-,7?;4-,5-,6-,7?;4-,5+,6+,7-,8?;4-,5-,6+,7-,8?/m1111/s1. The van der Waals surface area contributed by atoms with E-state index in [2.05, 4.69) is 21.3 Å². The van der Waals surface area contributed by atoms with E-state index >= 15 is 0 Å². The third-order valence-electron chi connectivity index (χ3n) is 12.0. The summed E-state index contributed by atoms with van der Waals surface area (Å²) in [5.41, 5.74) is 0. The van der Waals surface area contributed by atoms with Crippen molar-refractivity contribution in [3.8, 4) is 0 Å². The van der Waals surface area contributed by atoms with Gasteiger partial charge in [0.25, 0.3) is 0 Å². The van der Waals surface area contributed by atoms with Crippen LogP contribution in [0.1, 0.15) is 25.7 Å². The van der Waals surface area contributed by atoms with E-state index in [-0.39, 0.29) is 51.9 Å². The largest absolute Gasteiger partial charge is 0.394 e. The van der Waals surface area contributed by atoms with Crippen molar-refractivity contribution in [1.82, 2.24) is 40.9 Å². The Morgan fingerprint density at radius 1 is 0.443 bits per heavy atom. The summed E-state index contributed by atoms with van der Waals surface area (Å²) in [5, 5.41) is 118. The lowest BCUT2D eigenvalue weighted by Crippen LogP contribution is -2.59. The molecule has 8 amide bonds. The number of alkyl halides is 6. The summed E-state index contributed by atoms with van der Waals surface area (Å²) in [6.45, 7) is -2.58. The Balaban J connectivity index is 0.000000174. The van der Waals surface area contributed by atoms with Crippen molar-refractivity contribution in [2.24, 2.45) is 0 Å². The number of aliphatic hydroxyl groups is 12. The minimum atomic E-state index is -3.67. The first-order chi connectivity index (χ1) is 32.8. The molecule has 34 heteroatoms. The van der Waals surface area contributed by atoms with E-state index < -0.39 is 173 Å². The second kappa shape index (κ2) is 23.7. The Bertz CT molecular complexity index is 1660. The molecule has 28 nitrogen and oxygen atoms in total. The molecule has 0 aromatic rings. The van der Waals surface area contributed by atoms with Crippen molar-refractivity contribution < 1.29 is 126 Å². The summed E-state index contributed by atoms with van der Waals surface area (Å²) in [5.74, 6) is -7.35. The van der Waals surface area contributed by atoms with Crippen LogP contribution < -0.4 is 21.3 Å². The molecule has 0 spiro atoms. The second-order valence-corrected chi connectivity index (χ2v) is 16.8. The Hall–Kier alpha value is -3.98. The molecule has 8 saturated heterocycles. The van der Waals surface area contributed by atoms with Crippen molar-refractivity contribution in [3.05, 3.63) is 0 Å². The van der Waals surface area contributed by atoms with Crippen molar-refractivity contribution in [2.75, 3.05) is 52.6 Å². The molecule has 8 rings (SSSR count). The first-order valence-corrected chi connectivity index (χ1v) is 21.7. The van der Waals surface area contributed by atoms with Crippen molar-refractivity contribution in [3.63, 3.8) is 0 Å². The van der Waals surface area contributed by atoms with Gasteiger partial charge in [-0.1, -0.05) is 0 Å². The molecule has 8 aliphatic rings. The van der Waals surface area contributed by atoms with Gasteiger partial charge in [0.15, 0.2) is 37.0 Å². The molecule has 4 unspecified atom stereocenters. The third kappa shape index (κ3) is 12.3. The van der Waals surface area contributed by atoms with Gasteiger partial charge < -0.3 is 101 Å². The minimum absolute atomic E-state index is 0.0710. The summed E-state index contributed by atoms with van der Waals surface area (Å²) in [4.78, 5) is 49.5. The summed E-state index contributed by atoms with van der Waals surface area (Å²) in [6.07, 6.45) is -25.5. The number of ether oxygens (including phenoxy) is 4. The van der Waals surface area contributed by atoms with Gasteiger partial charge in [0.2, 0.25) is 12.5 Å². The summed E-state index contributed by atoms with van der Waals surface area (Å²) in [7, 11) is 0. The maximum absolute atomic E-state index is 13.7. The van der Waals surface area contributed by atoms with Gasteiger partial charge in [0, 0.05) is 51.9 Å². The zero-order chi connectivity index (χ0) is 52.2. The molecule has 0 aromatic heterocycles. The molecule has 16 N–H and O–H groups in total. The Morgan fingerprint density at radius 2 is 0.700 bits per heavy atom. The first kappa shape index (κ1) is 56.9. The second-order valence-electron chi connectivity index (χ2n) is 16.8. The summed E-state index contributed by atoms with van der Waals surface area (Å²) in [6, 6.07) is -3.10. The number of hydrogen-bond donors (Lipinski definition) is 16. The van der Waals surface area contributed by atoms with E-state index in [9.17, 15) is 76.2 Å². The van der Waals surface area contributed by atoms with E-state index in [0.29, 0.717) is 9.80 Å². The molecule has 8 fully saturated rings. The topological polar surface area (TPSA) is 409 Å². The van der Waals surface area contributed by atoms with Crippen molar-refractivity contribution in [1.29, 1.82) is 0 Å². The lowest BCUT2D eigenvalue weighted by molar-refractivity contribution is -0.159. The third-order valence-corrected chi connectivity index (χ3v) is 12.0. The number of rotatable bonds is 8. The van der Waals surface area contributed by atoms with E-state index in [0.717, 1.165) is 9.80 Å². The number of nitrogens with one attached hydrogen (secondary N) is 4.